The molecule has 90 valence electrons. The number of nitrogens with two attached hydrogens (primary N) is 1. The van der Waals surface area contributed by atoms with Crippen LogP contribution in [0.25, 0.3) is 11.4 Å². The molecule has 0 aliphatic rings. The fourth-order valence-corrected chi connectivity index (χ4v) is 2.02. The highest BCUT2D eigenvalue weighted by Crippen LogP contribution is 2.26. The summed E-state index contributed by atoms with van der Waals surface area (Å²) in [5.41, 5.74) is 7.60. The maximum Gasteiger partial charge on any atom is 0.164 e. The maximum atomic E-state index is 5.88. The van der Waals surface area contributed by atoms with E-state index in [0.717, 1.165) is 34.7 Å². The summed E-state index contributed by atoms with van der Waals surface area (Å²) in [6, 6.07) is 5.85. The van der Waals surface area contributed by atoms with Crippen LogP contribution in [0.1, 0.15) is 19.2 Å². The Morgan fingerprint density at radius 1 is 1.35 bits per heavy atom. The van der Waals surface area contributed by atoms with Crippen molar-refractivity contribution in [2.45, 2.75) is 26.8 Å². The third-order valence-electron chi connectivity index (χ3n) is 2.64. The minimum atomic E-state index is 0.714. The first kappa shape index (κ1) is 12.1. The quantitative estimate of drug-likeness (QED) is 0.886. The van der Waals surface area contributed by atoms with Crippen molar-refractivity contribution in [1.29, 1.82) is 0 Å². The van der Waals surface area contributed by atoms with Gasteiger partial charge >= 0.3 is 0 Å². The average molecular weight is 295 g/mol. The fraction of sp³-hybridized carbons (Fsp3) is 0.333. The first-order valence-corrected chi connectivity index (χ1v) is 6.38. The molecule has 0 aliphatic heterocycles. The van der Waals surface area contributed by atoms with Crippen LogP contribution in [-0.2, 0) is 6.54 Å². The first-order chi connectivity index (χ1) is 8.13. The largest absolute Gasteiger partial charge is 0.398 e. The van der Waals surface area contributed by atoms with E-state index in [2.05, 4.69) is 37.6 Å². The van der Waals surface area contributed by atoms with Gasteiger partial charge in [-0.3, -0.25) is 0 Å². The molecule has 4 nitrogen and oxygen atoms in total. The van der Waals surface area contributed by atoms with E-state index in [4.69, 9.17) is 5.73 Å². The molecule has 1 aromatic heterocycles. The van der Waals surface area contributed by atoms with E-state index in [0.29, 0.717) is 5.69 Å². The summed E-state index contributed by atoms with van der Waals surface area (Å²) < 4.78 is 3.02. The van der Waals surface area contributed by atoms with Crippen molar-refractivity contribution in [2.75, 3.05) is 5.73 Å². The van der Waals surface area contributed by atoms with E-state index < -0.39 is 0 Å². The van der Waals surface area contributed by atoms with Crippen LogP contribution in [0.5, 0.6) is 0 Å². The van der Waals surface area contributed by atoms with Crippen LogP contribution in [0.4, 0.5) is 5.69 Å². The van der Waals surface area contributed by atoms with Gasteiger partial charge in [0.05, 0.1) is 0 Å². The normalized spacial score (nSPS) is 10.8. The maximum absolute atomic E-state index is 5.88. The summed E-state index contributed by atoms with van der Waals surface area (Å²) in [6.45, 7) is 5.03. The lowest BCUT2D eigenvalue weighted by molar-refractivity contribution is 0.663. The van der Waals surface area contributed by atoms with Crippen molar-refractivity contribution in [2.24, 2.45) is 0 Å². The Morgan fingerprint density at radius 3 is 2.76 bits per heavy atom. The highest BCUT2D eigenvalue weighted by molar-refractivity contribution is 9.10. The molecule has 0 amide bonds. The zero-order valence-electron chi connectivity index (χ0n) is 9.94. The number of rotatable bonds is 3. The van der Waals surface area contributed by atoms with Crippen molar-refractivity contribution < 1.29 is 0 Å². The SMILES string of the molecule is CCCn1c(C)nnc1-c1ccc(Br)c(N)c1. The van der Waals surface area contributed by atoms with E-state index in [1.165, 1.54) is 0 Å². The van der Waals surface area contributed by atoms with E-state index in [9.17, 15) is 0 Å². The van der Waals surface area contributed by atoms with E-state index >= 15 is 0 Å². The van der Waals surface area contributed by atoms with Gasteiger partial charge in [-0.15, -0.1) is 10.2 Å². The number of aromatic nitrogens is 3. The van der Waals surface area contributed by atoms with Crippen LogP contribution in [0, 0.1) is 6.92 Å². The van der Waals surface area contributed by atoms with Crippen molar-refractivity contribution in [3.8, 4) is 11.4 Å². The Labute approximate surface area is 109 Å². The molecule has 0 radical (unpaired) electrons. The van der Waals surface area contributed by atoms with Gasteiger partial charge in [0.2, 0.25) is 0 Å². The third kappa shape index (κ3) is 2.34. The lowest BCUT2D eigenvalue weighted by Crippen LogP contribution is -2.02. The number of aryl methyl sites for hydroxylation is 1. The van der Waals surface area contributed by atoms with Crippen molar-refractivity contribution in [3.05, 3.63) is 28.5 Å². The van der Waals surface area contributed by atoms with Crippen LogP contribution in [0.3, 0.4) is 0 Å². The summed E-state index contributed by atoms with van der Waals surface area (Å²) in [7, 11) is 0. The molecular formula is C12H15BrN4. The second-order valence-electron chi connectivity index (χ2n) is 3.96. The Morgan fingerprint density at radius 2 is 2.12 bits per heavy atom. The molecular weight excluding hydrogens is 280 g/mol. The standard InChI is InChI=1S/C12H15BrN4/c1-3-6-17-8(2)15-16-12(17)9-4-5-10(13)11(14)7-9/h4-5,7H,3,6,14H2,1-2H3. The van der Waals surface area contributed by atoms with Gasteiger partial charge in [-0.1, -0.05) is 6.92 Å². The zero-order chi connectivity index (χ0) is 12.4. The summed E-state index contributed by atoms with van der Waals surface area (Å²) >= 11 is 3.39. The summed E-state index contributed by atoms with van der Waals surface area (Å²) in [5.74, 6) is 1.81. The molecule has 2 aromatic rings. The number of nitrogen functional groups attached to an aromatic ring is 1. The molecule has 0 aliphatic carbocycles. The van der Waals surface area contributed by atoms with Crippen LogP contribution in [0.15, 0.2) is 22.7 Å². The summed E-state index contributed by atoms with van der Waals surface area (Å²) in [6.07, 6.45) is 1.05. The number of halogens is 1. The lowest BCUT2D eigenvalue weighted by Gasteiger charge is -2.08. The van der Waals surface area contributed by atoms with E-state index in [1.54, 1.807) is 0 Å². The topological polar surface area (TPSA) is 56.7 Å². The predicted molar refractivity (Wildman–Crippen MR) is 72.6 cm³/mol. The van der Waals surface area contributed by atoms with Gasteiger partial charge in [-0.2, -0.15) is 0 Å². The smallest absolute Gasteiger partial charge is 0.164 e. The van der Waals surface area contributed by atoms with Crippen LogP contribution < -0.4 is 5.73 Å². The van der Waals surface area contributed by atoms with E-state index in [1.807, 2.05) is 25.1 Å². The predicted octanol–water partition coefficient (Wildman–Crippen LogP) is 3.01. The Kier molecular flexibility index (Phi) is 3.47. The van der Waals surface area contributed by atoms with Crippen molar-refractivity contribution in [1.82, 2.24) is 14.8 Å². The minimum Gasteiger partial charge on any atom is -0.398 e. The summed E-state index contributed by atoms with van der Waals surface area (Å²) in [4.78, 5) is 0. The highest BCUT2D eigenvalue weighted by Gasteiger charge is 2.11. The van der Waals surface area contributed by atoms with Gasteiger partial charge in [-0.05, 0) is 47.5 Å². The lowest BCUT2D eigenvalue weighted by atomic mass is 10.2. The number of hydrogen-bond donors (Lipinski definition) is 1. The molecule has 0 atom stereocenters. The Bertz CT molecular complexity index is 533. The van der Waals surface area contributed by atoms with Gasteiger partial charge in [0, 0.05) is 22.3 Å². The molecule has 0 unspecified atom stereocenters. The molecule has 17 heavy (non-hydrogen) atoms. The van der Waals surface area contributed by atoms with Crippen molar-refractivity contribution >= 4 is 21.6 Å². The van der Waals surface area contributed by atoms with Crippen LogP contribution in [0.2, 0.25) is 0 Å². The molecule has 0 saturated carbocycles. The Balaban J connectivity index is 2.48. The zero-order valence-corrected chi connectivity index (χ0v) is 11.5. The second-order valence-corrected chi connectivity index (χ2v) is 4.81. The summed E-state index contributed by atoms with van der Waals surface area (Å²) in [5, 5.41) is 8.34. The van der Waals surface area contributed by atoms with Gasteiger partial charge in [0.1, 0.15) is 5.82 Å². The molecule has 0 saturated heterocycles. The fourth-order valence-electron chi connectivity index (χ4n) is 1.77. The monoisotopic (exact) mass is 294 g/mol. The third-order valence-corrected chi connectivity index (χ3v) is 3.36. The van der Waals surface area contributed by atoms with Gasteiger partial charge in [-0.25, -0.2) is 0 Å². The molecule has 1 aromatic carbocycles. The molecule has 5 heteroatoms. The highest BCUT2D eigenvalue weighted by atomic mass is 79.9. The van der Waals surface area contributed by atoms with Crippen molar-refractivity contribution in [3.63, 3.8) is 0 Å². The molecule has 2 N–H and O–H groups in total. The molecule has 0 fully saturated rings. The number of anilines is 1. The van der Waals surface area contributed by atoms with Crippen LogP contribution in [-0.4, -0.2) is 14.8 Å². The number of nitrogens with zero attached hydrogens (tertiary/aromatic N) is 3. The second kappa shape index (κ2) is 4.87. The molecule has 0 spiro atoms. The van der Waals surface area contributed by atoms with Gasteiger partial charge < -0.3 is 10.3 Å². The molecule has 0 bridgehead atoms. The first-order valence-electron chi connectivity index (χ1n) is 5.58. The number of hydrogen-bond acceptors (Lipinski definition) is 3. The average Bonchev–Trinajstić information content (AvgIpc) is 2.66. The molecule has 1 heterocycles. The van der Waals surface area contributed by atoms with Gasteiger partial charge in [0.15, 0.2) is 5.82 Å². The minimum absolute atomic E-state index is 0.714. The Hall–Kier alpha value is -1.36. The number of benzene rings is 1. The molecule has 2 rings (SSSR count). The van der Waals surface area contributed by atoms with Crippen LogP contribution >= 0.6 is 15.9 Å². The van der Waals surface area contributed by atoms with E-state index in [-0.39, 0.29) is 0 Å². The van der Waals surface area contributed by atoms with Gasteiger partial charge in [0.25, 0.3) is 0 Å².